The van der Waals surface area contributed by atoms with Crippen molar-refractivity contribution in [3.8, 4) is 5.75 Å². The lowest BCUT2D eigenvalue weighted by Gasteiger charge is -2.16. The summed E-state index contributed by atoms with van der Waals surface area (Å²) < 4.78 is 5.26. The number of esters is 1. The van der Waals surface area contributed by atoms with Crippen LogP contribution in [0.5, 0.6) is 5.75 Å². The molecule has 1 heterocycles. The molecule has 19 heavy (non-hydrogen) atoms. The molecule has 0 atom stereocenters. The third-order valence-corrected chi connectivity index (χ3v) is 3.06. The molecule has 0 bridgehead atoms. The first kappa shape index (κ1) is 11.7. The topological polar surface area (TPSA) is 38.7 Å². The molecule has 1 aliphatic heterocycles. The maximum atomic E-state index is 11.8. The highest BCUT2D eigenvalue weighted by Crippen LogP contribution is 2.23. The molecule has 0 saturated carbocycles. The summed E-state index contributed by atoms with van der Waals surface area (Å²) in [5.74, 6) is 0.306. The van der Waals surface area contributed by atoms with Gasteiger partial charge in [0, 0.05) is 12.0 Å². The molecule has 3 nitrogen and oxygen atoms in total. The molecule has 3 heteroatoms. The molecule has 0 aromatic heterocycles. The Balaban J connectivity index is 1.81. The van der Waals surface area contributed by atoms with Gasteiger partial charge in [-0.3, -0.25) is 4.99 Å². The number of benzene rings is 2. The molecule has 2 aromatic rings. The summed E-state index contributed by atoms with van der Waals surface area (Å²) in [4.78, 5) is 16.2. The van der Waals surface area contributed by atoms with Crippen molar-refractivity contribution >= 4 is 11.7 Å². The quantitative estimate of drug-likeness (QED) is 0.608. The highest BCUT2D eigenvalue weighted by molar-refractivity contribution is 6.38. The van der Waals surface area contributed by atoms with Crippen molar-refractivity contribution in [1.82, 2.24) is 0 Å². The Kier molecular flexibility index (Phi) is 3.11. The number of nitrogens with zero attached hydrogens (tertiary/aromatic N) is 1. The van der Waals surface area contributed by atoms with Crippen LogP contribution in [0.25, 0.3) is 0 Å². The number of ether oxygens (including phenoxy) is 1. The maximum absolute atomic E-state index is 11.8. The van der Waals surface area contributed by atoms with Crippen molar-refractivity contribution in [2.24, 2.45) is 4.99 Å². The molecule has 0 spiro atoms. The third-order valence-electron chi connectivity index (χ3n) is 3.06. The van der Waals surface area contributed by atoms with Gasteiger partial charge in [-0.25, -0.2) is 4.79 Å². The molecule has 0 fully saturated rings. The van der Waals surface area contributed by atoms with E-state index in [0.717, 1.165) is 11.1 Å². The second-order valence-corrected chi connectivity index (χ2v) is 4.42. The largest absolute Gasteiger partial charge is 0.422 e. The number of hydrogen-bond acceptors (Lipinski definition) is 3. The van der Waals surface area contributed by atoms with Crippen molar-refractivity contribution in [2.75, 3.05) is 0 Å². The van der Waals surface area contributed by atoms with E-state index in [1.54, 1.807) is 6.07 Å². The summed E-state index contributed by atoms with van der Waals surface area (Å²) in [5.41, 5.74) is 2.58. The van der Waals surface area contributed by atoms with Crippen LogP contribution in [0, 0.1) is 0 Å². The van der Waals surface area contributed by atoms with E-state index in [-0.39, 0.29) is 5.97 Å². The zero-order valence-corrected chi connectivity index (χ0v) is 10.4. The Labute approximate surface area is 111 Å². The highest BCUT2D eigenvalue weighted by atomic mass is 16.5. The maximum Gasteiger partial charge on any atom is 0.357 e. The minimum atomic E-state index is -0.338. The lowest BCUT2D eigenvalue weighted by Crippen LogP contribution is -2.27. The lowest BCUT2D eigenvalue weighted by molar-refractivity contribution is -0.127. The van der Waals surface area contributed by atoms with Crippen LogP contribution in [0.4, 0.5) is 0 Å². The van der Waals surface area contributed by atoms with Crippen LogP contribution in [0.3, 0.4) is 0 Å². The van der Waals surface area contributed by atoms with Crippen LogP contribution in [0.1, 0.15) is 11.1 Å². The Morgan fingerprint density at radius 3 is 2.58 bits per heavy atom. The van der Waals surface area contributed by atoms with Crippen LogP contribution in [-0.2, 0) is 17.8 Å². The predicted octanol–water partition coefficient (Wildman–Crippen LogP) is 2.79. The zero-order chi connectivity index (χ0) is 13.1. The number of hydrogen-bond donors (Lipinski definition) is 0. The van der Waals surface area contributed by atoms with E-state index >= 15 is 0 Å². The SMILES string of the molecule is O=C1Oc2ccccc2CC1=NCc1ccccc1. The van der Waals surface area contributed by atoms with Crippen molar-refractivity contribution in [3.05, 3.63) is 65.7 Å². The van der Waals surface area contributed by atoms with E-state index in [0.29, 0.717) is 24.4 Å². The van der Waals surface area contributed by atoms with E-state index in [1.807, 2.05) is 48.5 Å². The van der Waals surface area contributed by atoms with Crippen LogP contribution >= 0.6 is 0 Å². The molecule has 0 N–H and O–H groups in total. The first-order valence-corrected chi connectivity index (χ1v) is 6.20. The Morgan fingerprint density at radius 2 is 1.74 bits per heavy atom. The Bertz CT molecular complexity index is 632. The first-order chi connectivity index (χ1) is 9.33. The van der Waals surface area contributed by atoms with Crippen LogP contribution in [0.15, 0.2) is 59.6 Å². The summed E-state index contributed by atoms with van der Waals surface area (Å²) in [6.45, 7) is 0.507. The van der Waals surface area contributed by atoms with E-state index < -0.39 is 0 Å². The minimum absolute atomic E-state index is 0.338. The van der Waals surface area contributed by atoms with E-state index in [4.69, 9.17) is 4.74 Å². The van der Waals surface area contributed by atoms with Gasteiger partial charge < -0.3 is 4.74 Å². The Hall–Kier alpha value is -2.42. The minimum Gasteiger partial charge on any atom is -0.422 e. The van der Waals surface area contributed by atoms with E-state index in [9.17, 15) is 4.79 Å². The zero-order valence-electron chi connectivity index (χ0n) is 10.4. The third kappa shape index (κ3) is 2.55. The van der Waals surface area contributed by atoms with Gasteiger partial charge in [-0.2, -0.15) is 0 Å². The van der Waals surface area contributed by atoms with Gasteiger partial charge in [0.15, 0.2) is 0 Å². The summed E-state index contributed by atoms with van der Waals surface area (Å²) >= 11 is 0. The molecule has 94 valence electrons. The molecule has 0 unspecified atom stereocenters. The number of carbonyl (C=O) groups is 1. The number of rotatable bonds is 2. The fraction of sp³-hybridized carbons (Fsp3) is 0.125. The first-order valence-electron chi connectivity index (χ1n) is 6.20. The van der Waals surface area contributed by atoms with Gasteiger partial charge in [0.05, 0.1) is 6.54 Å². The molecule has 1 aliphatic rings. The number of carbonyl (C=O) groups excluding carboxylic acids is 1. The fourth-order valence-corrected chi connectivity index (χ4v) is 2.05. The molecule has 0 aliphatic carbocycles. The molecule has 2 aromatic carbocycles. The second kappa shape index (κ2) is 5.06. The molecule has 3 rings (SSSR count). The van der Waals surface area contributed by atoms with Gasteiger partial charge >= 0.3 is 5.97 Å². The monoisotopic (exact) mass is 251 g/mol. The van der Waals surface area contributed by atoms with Gasteiger partial charge in [-0.15, -0.1) is 0 Å². The van der Waals surface area contributed by atoms with Crippen molar-refractivity contribution in [3.63, 3.8) is 0 Å². The van der Waals surface area contributed by atoms with Crippen LogP contribution < -0.4 is 4.74 Å². The van der Waals surface area contributed by atoms with Gasteiger partial charge in [-0.1, -0.05) is 48.5 Å². The van der Waals surface area contributed by atoms with Gasteiger partial charge in [0.1, 0.15) is 11.5 Å². The van der Waals surface area contributed by atoms with Crippen LogP contribution in [0.2, 0.25) is 0 Å². The Morgan fingerprint density at radius 1 is 1.00 bits per heavy atom. The summed E-state index contributed by atoms with van der Waals surface area (Å²) in [5, 5.41) is 0. The van der Waals surface area contributed by atoms with Gasteiger partial charge in [-0.05, 0) is 11.6 Å². The van der Waals surface area contributed by atoms with Crippen molar-refractivity contribution in [2.45, 2.75) is 13.0 Å². The van der Waals surface area contributed by atoms with Gasteiger partial charge in [0.25, 0.3) is 0 Å². The lowest BCUT2D eigenvalue weighted by atomic mass is 10.0. The molecular weight excluding hydrogens is 238 g/mol. The average Bonchev–Trinajstić information content (AvgIpc) is 2.46. The number of aliphatic imine (C=N–C) groups is 1. The van der Waals surface area contributed by atoms with E-state index in [1.165, 1.54) is 0 Å². The predicted molar refractivity (Wildman–Crippen MR) is 73.4 cm³/mol. The number of para-hydroxylation sites is 1. The standard InChI is InChI=1S/C16H13NO2/c18-16-14(17-11-12-6-2-1-3-7-12)10-13-8-4-5-9-15(13)19-16/h1-9H,10-11H2. The molecular formula is C16H13NO2. The highest BCUT2D eigenvalue weighted by Gasteiger charge is 2.23. The van der Waals surface area contributed by atoms with Crippen LogP contribution in [-0.4, -0.2) is 11.7 Å². The second-order valence-electron chi connectivity index (χ2n) is 4.42. The molecule has 0 amide bonds. The van der Waals surface area contributed by atoms with Gasteiger partial charge in [0.2, 0.25) is 0 Å². The smallest absolute Gasteiger partial charge is 0.357 e. The molecule has 0 saturated heterocycles. The van der Waals surface area contributed by atoms with Crippen molar-refractivity contribution in [1.29, 1.82) is 0 Å². The summed E-state index contributed by atoms with van der Waals surface area (Å²) in [6.07, 6.45) is 0.543. The number of fused-ring (bicyclic) bond motifs is 1. The summed E-state index contributed by atoms with van der Waals surface area (Å²) in [6, 6.07) is 17.4. The normalized spacial score (nSPS) is 16.0. The van der Waals surface area contributed by atoms with E-state index in [2.05, 4.69) is 4.99 Å². The average molecular weight is 251 g/mol. The fourth-order valence-electron chi connectivity index (χ4n) is 2.05. The molecule has 0 radical (unpaired) electrons. The van der Waals surface area contributed by atoms with Crippen molar-refractivity contribution < 1.29 is 9.53 Å². The summed E-state index contributed by atoms with van der Waals surface area (Å²) in [7, 11) is 0.